The summed E-state index contributed by atoms with van der Waals surface area (Å²) in [7, 11) is -3.90. The van der Waals surface area contributed by atoms with Crippen LogP contribution in [0.2, 0.25) is 0 Å². The molecular weight excluding hydrogens is 730 g/mol. The number of nitrogens with zero attached hydrogens (tertiary/aromatic N) is 2. The number of hydrogen-bond acceptors (Lipinski definition) is 9. The zero-order valence-corrected chi connectivity index (χ0v) is 31.1. The standard InChI is InChI=1S/C40H42FN5O8S/c1-23(47)42-30-11-6-4-2-3-5-9-25-21-40(25,39(50)45-55(51,52)28-17-18-28)44-37(48)32-19-27(22-46(32)38(30)49)53-34-20-31(24-13-15-26(41)16-14-24)43-35-29-10-7-8-12-33(29)54-36(34)35/h5,7-10,12-16,20,25,27-28,30,32H,2-4,6,11,17-19,21-22H2,1H3,(H,42,47)(H,44,48)(H,45,50)/b9-5-/t25-,27-,30+,32+,40-/m1/s1. The lowest BCUT2D eigenvalue weighted by Crippen LogP contribution is -2.58. The van der Waals surface area contributed by atoms with Crippen LogP contribution in [0.25, 0.3) is 33.3 Å². The first-order chi connectivity index (χ1) is 26.4. The normalized spacial score (nSPS) is 26.6. The van der Waals surface area contributed by atoms with E-state index in [2.05, 4.69) is 15.4 Å². The van der Waals surface area contributed by atoms with Gasteiger partial charge in [-0.25, -0.2) is 17.8 Å². The van der Waals surface area contributed by atoms with Gasteiger partial charge in [-0.2, -0.15) is 0 Å². The SMILES string of the molecule is CC(=O)N[C@H]1CCCCC/C=C\[C@@H]2C[C@@]2(C(=O)NS(=O)(=O)C2CC2)NC(=O)[C@@H]2C[C@@H](Oc3cc(-c4ccc(F)cc4)nc4c3oc3ccccc34)CN2C1=O. The molecule has 2 aromatic heterocycles. The number of ether oxygens (including phenoxy) is 1. The summed E-state index contributed by atoms with van der Waals surface area (Å²) in [6.07, 6.45) is 7.46. The van der Waals surface area contributed by atoms with Crippen molar-refractivity contribution < 1.29 is 41.1 Å². The Bertz CT molecular complexity index is 2320. The van der Waals surface area contributed by atoms with Gasteiger partial charge in [-0.1, -0.05) is 37.1 Å². The first kappa shape index (κ1) is 36.7. The van der Waals surface area contributed by atoms with E-state index in [1.165, 1.54) is 24.0 Å². The number of rotatable bonds is 7. The highest BCUT2D eigenvalue weighted by Crippen LogP contribution is 2.46. The molecule has 4 amide bonds. The second-order valence-electron chi connectivity index (χ2n) is 15.0. The number of hydrogen-bond donors (Lipinski definition) is 3. The molecule has 0 unspecified atom stereocenters. The minimum absolute atomic E-state index is 0.0128. The molecule has 2 aliphatic heterocycles. The van der Waals surface area contributed by atoms with Gasteiger partial charge in [-0.15, -0.1) is 0 Å². The van der Waals surface area contributed by atoms with Crippen LogP contribution in [0.15, 0.2) is 71.2 Å². The topological polar surface area (TPSA) is 177 Å². The molecule has 13 nitrogen and oxygen atoms in total. The van der Waals surface area contributed by atoms with E-state index in [9.17, 15) is 32.0 Å². The Hall–Kier alpha value is -5.31. The van der Waals surface area contributed by atoms with Gasteiger partial charge in [0.2, 0.25) is 27.7 Å². The van der Waals surface area contributed by atoms with Crippen LogP contribution in [-0.2, 0) is 29.2 Å². The predicted molar refractivity (Wildman–Crippen MR) is 200 cm³/mol. The van der Waals surface area contributed by atoms with Crippen molar-refractivity contribution in [2.45, 2.75) is 93.7 Å². The van der Waals surface area contributed by atoms with Gasteiger partial charge in [0.25, 0.3) is 5.91 Å². The number of carbonyl (C=O) groups excluding carboxylic acids is 4. The van der Waals surface area contributed by atoms with E-state index < -0.39 is 74.4 Å². The maximum Gasteiger partial charge on any atom is 0.259 e. The lowest BCUT2D eigenvalue weighted by molar-refractivity contribution is -0.142. The largest absolute Gasteiger partial charge is 0.484 e. The van der Waals surface area contributed by atoms with Crippen LogP contribution in [0, 0.1) is 11.7 Å². The summed E-state index contributed by atoms with van der Waals surface area (Å²) in [5.74, 6) is -2.84. The van der Waals surface area contributed by atoms with E-state index in [0.29, 0.717) is 65.8 Å². The lowest BCUT2D eigenvalue weighted by Gasteiger charge is -2.29. The number of furan rings is 1. The summed E-state index contributed by atoms with van der Waals surface area (Å²) in [5.41, 5.74) is 1.04. The molecule has 2 saturated carbocycles. The average Bonchev–Trinajstić information content (AvgIpc) is 4.05. The minimum Gasteiger partial charge on any atom is -0.484 e. The van der Waals surface area contributed by atoms with Gasteiger partial charge in [0.15, 0.2) is 11.3 Å². The van der Waals surface area contributed by atoms with Crippen LogP contribution in [-0.4, -0.2) is 77.5 Å². The fourth-order valence-corrected chi connectivity index (χ4v) is 9.14. The summed E-state index contributed by atoms with van der Waals surface area (Å²) >= 11 is 0. The molecule has 2 aromatic carbocycles. The third kappa shape index (κ3) is 7.41. The predicted octanol–water partition coefficient (Wildman–Crippen LogP) is 4.64. The van der Waals surface area contributed by atoms with Crippen molar-refractivity contribution >= 4 is 55.7 Å². The van der Waals surface area contributed by atoms with Gasteiger partial charge >= 0.3 is 0 Å². The molecule has 4 aromatic rings. The molecule has 55 heavy (non-hydrogen) atoms. The molecule has 2 aliphatic carbocycles. The van der Waals surface area contributed by atoms with Crippen LogP contribution in [0.1, 0.15) is 64.7 Å². The summed E-state index contributed by atoms with van der Waals surface area (Å²) in [4.78, 5) is 61.0. The third-order valence-corrected chi connectivity index (χ3v) is 12.8. The van der Waals surface area contributed by atoms with Crippen LogP contribution < -0.4 is 20.1 Å². The van der Waals surface area contributed by atoms with Gasteiger partial charge in [0.05, 0.1) is 17.5 Å². The highest BCUT2D eigenvalue weighted by Gasteiger charge is 2.62. The van der Waals surface area contributed by atoms with Crippen molar-refractivity contribution in [2.24, 2.45) is 5.92 Å². The molecule has 288 valence electrons. The molecule has 5 atom stereocenters. The number of para-hydroxylation sites is 1. The van der Waals surface area contributed by atoms with Crippen LogP contribution in [0.3, 0.4) is 0 Å². The fraction of sp³-hybridized carbons (Fsp3) is 0.425. The molecule has 0 spiro atoms. The number of halogens is 1. The Morgan fingerprint density at radius 2 is 1.84 bits per heavy atom. The minimum atomic E-state index is -3.90. The van der Waals surface area contributed by atoms with E-state index in [4.69, 9.17) is 14.1 Å². The van der Waals surface area contributed by atoms with Crippen molar-refractivity contribution in [3.63, 3.8) is 0 Å². The Balaban J connectivity index is 1.14. The van der Waals surface area contributed by atoms with Crippen LogP contribution in [0.5, 0.6) is 5.75 Å². The summed E-state index contributed by atoms with van der Waals surface area (Å²) in [5, 5.41) is 5.74. The Labute approximate surface area is 317 Å². The molecule has 15 heteroatoms. The van der Waals surface area contributed by atoms with E-state index in [1.54, 1.807) is 24.3 Å². The van der Waals surface area contributed by atoms with Crippen molar-refractivity contribution in [1.29, 1.82) is 0 Å². The number of amides is 4. The Morgan fingerprint density at radius 3 is 2.60 bits per heavy atom. The van der Waals surface area contributed by atoms with E-state index >= 15 is 0 Å². The molecular formula is C40H42FN5O8S. The highest BCUT2D eigenvalue weighted by molar-refractivity contribution is 7.91. The van der Waals surface area contributed by atoms with Crippen molar-refractivity contribution in [2.75, 3.05) is 6.54 Å². The zero-order valence-electron chi connectivity index (χ0n) is 30.3. The van der Waals surface area contributed by atoms with Gasteiger partial charge in [0.1, 0.15) is 40.6 Å². The first-order valence-electron chi connectivity index (χ1n) is 18.8. The lowest BCUT2D eigenvalue weighted by atomic mass is 10.0. The molecule has 4 aliphatic rings. The maximum absolute atomic E-state index is 14.4. The van der Waals surface area contributed by atoms with Gasteiger partial charge in [-0.05, 0) is 74.9 Å². The number of fused-ring (bicyclic) bond motifs is 5. The second kappa shape index (κ2) is 14.4. The van der Waals surface area contributed by atoms with E-state index in [0.717, 1.165) is 18.2 Å². The summed E-state index contributed by atoms with van der Waals surface area (Å²) in [6.45, 7) is 1.29. The smallest absolute Gasteiger partial charge is 0.259 e. The maximum atomic E-state index is 14.4. The highest BCUT2D eigenvalue weighted by atomic mass is 32.2. The Kier molecular flexibility index (Phi) is 9.60. The molecule has 8 rings (SSSR count). The van der Waals surface area contributed by atoms with Crippen LogP contribution >= 0.6 is 0 Å². The molecule has 3 N–H and O–H groups in total. The van der Waals surface area contributed by atoms with E-state index in [1.807, 2.05) is 30.4 Å². The third-order valence-electron chi connectivity index (χ3n) is 10.9. The molecule has 0 radical (unpaired) electrons. The molecule has 1 saturated heterocycles. The monoisotopic (exact) mass is 771 g/mol. The number of carbonyl (C=O) groups is 4. The number of benzene rings is 2. The quantitative estimate of drug-likeness (QED) is 0.226. The van der Waals surface area contributed by atoms with Crippen LogP contribution in [0.4, 0.5) is 4.39 Å². The van der Waals surface area contributed by atoms with Gasteiger partial charge in [0, 0.05) is 36.3 Å². The van der Waals surface area contributed by atoms with E-state index in [-0.39, 0.29) is 19.4 Å². The number of sulfonamides is 1. The summed E-state index contributed by atoms with van der Waals surface area (Å²) in [6, 6.07) is 12.9. The van der Waals surface area contributed by atoms with Gasteiger partial charge in [-0.3, -0.25) is 23.9 Å². The number of nitrogens with one attached hydrogen (secondary N) is 3. The molecule has 4 heterocycles. The molecule has 0 bridgehead atoms. The van der Waals surface area contributed by atoms with Gasteiger partial charge < -0.3 is 24.7 Å². The summed E-state index contributed by atoms with van der Waals surface area (Å²) < 4.78 is 54.6. The number of allylic oxidation sites excluding steroid dienone is 1. The fourth-order valence-electron chi connectivity index (χ4n) is 7.78. The van der Waals surface area contributed by atoms with Crippen molar-refractivity contribution in [3.05, 3.63) is 72.6 Å². The number of aromatic nitrogens is 1. The number of pyridine rings is 1. The second-order valence-corrected chi connectivity index (χ2v) is 17.0. The molecule has 3 fully saturated rings. The van der Waals surface area contributed by atoms with Crippen molar-refractivity contribution in [3.8, 4) is 17.0 Å². The first-order valence-corrected chi connectivity index (χ1v) is 20.3. The average molecular weight is 772 g/mol. The van der Waals surface area contributed by atoms with Crippen molar-refractivity contribution in [1.82, 2.24) is 25.2 Å². The zero-order chi connectivity index (χ0) is 38.5. The Morgan fingerprint density at radius 1 is 1.05 bits per heavy atom.